The molecule has 0 fully saturated rings. The van der Waals surface area contributed by atoms with Crippen molar-refractivity contribution in [1.29, 1.82) is 0 Å². The van der Waals surface area contributed by atoms with Crippen LogP contribution < -0.4 is 5.73 Å². The van der Waals surface area contributed by atoms with Gasteiger partial charge >= 0.3 is 5.97 Å². The van der Waals surface area contributed by atoms with E-state index in [9.17, 15) is 4.79 Å². The summed E-state index contributed by atoms with van der Waals surface area (Å²) in [7, 11) is 0. The van der Waals surface area contributed by atoms with Crippen molar-refractivity contribution in [3.8, 4) is 0 Å². The number of rotatable bonds is 4. The van der Waals surface area contributed by atoms with Gasteiger partial charge < -0.3 is 10.8 Å². The molecule has 0 saturated heterocycles. The fourth-order valence-electron chi connectivity index (χ4n) is 1.34. The Bertz CT molecular complexity index is 385. The van der Waals surface area contributed by atoms with E-state index in [1.165, 1.54) is 0 Å². The fraction of sp³-hybridized carbons (Fsp3) is 0.250. The van der Waals surface area contributed by atoms with Crippen LogP contribution in [0.4, 0.5) is 0 Å². The second kappa shape index (κ2) is 4.75. The minimum Gasteiger partial charge on any atom is -0.481 e. The summed E-state index contributed by atoms with van der Waals surface area (Å²) in [6.45, 7) is 5.73. The van der Waals surface area contributed by atoms with Crippen LogP contribution >= 0.6 is 0 Å². The van der Waals surface area contributed by atoms with Gasteiger partial charge in [0, 0.05) is 6.04 Å². The molecule has 0 amide bonds. The number of hydrogen-bond acceptors (Lipinski definition) is 2. The predicted molar refractivity (Wildman–Crippen MR) is 60.3 cm³/mol. The van der Waals surface area contributed by atoms with Crippen LogP contribution in [0.1, 0.15) is 30.5 Å². The van der Waals surface area contributed by atoms with Gasteiger partial charge in [-0.25, -0.2) is 0 Å². The Morgan fingerprint density at radius 2 is 2.27 bits per heavy atom. The van der Waals surface area contributed by atoms with Crippen LogP contribution in [-0.4, -0.2) is 11.1 Å². The van der Waals surface area contributed by atoms with Crippen LogP contribution in [0.15, 0.2) is 30.8 Å². The zero-order valence-corrected chi connectivity index (χ0v) is 8.73. The zero-order chi connectivity index (χ0) is 11.4. The van der Waals surface area contributed by atoms with Gasteiger partial charge in [0.25, 0.3) is 0 Å². The average molecular weight is 205 g/mol. The number of benzene rings is 1. The first-order chi connectivity index (χ1) is 7.00. The van der Waals surface area contributed by atoms with Gasteiger partial charge in [-0.2, -0.15) is 0 Å². The Labute approximate surface area is 89.2 Å². The zero-order valence-electron chi connectivity index (χ0n) is 8.73. The van der Waals surface area contributed by atoms with Gasteiger partial charge in [0.05, 0.1) is 6.42 Å². The molecule has 3 heteroatoms. The molecule has 0 aliphatic rings. The van der Waals surface area contributed by atoms with E-state index in [0.29, 0.717) is 0 Å². The Morgan fingerprint density at radius 1 is 1.60 bits per heavy atom. The Hall–Kier alpha value is -1.61. The van der Waals surface area contributed by atoms with Crippen LogP contribution in [0.25, 0.3) is 5.57 Å². The summed E-state index contributed by atoms with van der Waals surface area (Å²) < 4.78 is 0. The van der Waals surface area contributed by atoms with Crippen molar-refractivity contribution in [3.63, 3.8) is 0 Å². The molecule has 0 aromatic heterocycles. The molecule has 80 valence electrons. The van der Waals surface area contributed by atoms with Crippen LogP contribution in [-0.2, 0) is 4.79 Å². The van der Waals surface area contributed by atoms with Gasteiger partial charge in [-0.05, 0) is 24.1 Å². The molecule has 1 atom stereocenters. The van der Waals surface area contributed by atoms with Gasteiger partial charge in [0.15, 0.2) is 0 Å². The van der Waals surface area contributed by atoms with Gasteiger partial charge in [-0.1, -0.05) is 30.4 Å². The molecule has 0 aliphatic heterocycles. The third-order valence-electron chi connectivity index (χ3n) is 2.20. The average Bonchev–Trinajstić information content (AvgIpc) is 2.17. The maximum atomic E-state index is 10.5. The van der Waals surface area contributed by atoms with Crippen molar-refractivity contribution in [1.82, 2.24) is 0 Å². The summed E-state index contributed by atoms with van der Waals surface area (Å²) in [5, 5.41) is 8.63. The molecule has 3 N–H and O–H groups in total. The lowest BCUT2D eigenvalue weighted by molar-refractivity contribution is -0.137. The molecular weight excluding hydrogens is 190 g/mol. The molecule has 0 radical (unpaired) electrons. The number of aliphatic carboxylic acids is 1. The number of allylic oxidation sites excluding steroid dienone is 1. The molecule has 0 saturated carbocycles. The van der Waals surface area contributed by atoms with E-state index in [1.54, 1.807) is 0 Å². The second-order valence-corrected chi connectivity index (χ2v) is 3.61. The van der Waals surface area contributed by atoms with Crippen molar-refractivity contribution in [3.05, 3.63) is 42.0 Å². The lowest BCUT2D eigenvalue weighted by atomic mass is 10.00. The van der Waals surface area contributed by atoms with Crippen molar-refractivity contribution < 1.29 is 9.90 Å². The molecule has 15 heavy (non-hydrogen) atoms. The van der Waals surface area contributed by atoms with E-state index < -0.39 is 12.0 Å². The highest BCUT2D eigenvalue weighted by Gasteiger charge is 2.10. The van der Waals surface area contributed by atoms with Crippen molar-refractivity contribution in [2.24, 2.45) is 5.73 Å². The summed E-state index contributed by atoms with van der Waals surface area (Å²) >= 11 is 0. The minimum absolute atomic E-state index is 0.0559. The normalized spacial score (nSPS) is 12.1. The minimum atomic E-state index is -0.886. The number of nitrogens with two attached hydrogens (primary N) is 1. The van der Waals surface area contributed by atoms with Gasteiger partial charge in [0.1, 0.15) is 0 Å². The van der Waals surface area contributed by atoms with Gasteiger partial charge in [0.2, 0.25) is 0 Å². The molecule has 0 spiro atoms. The SMILES string of the molecule is C=C(C)c1cccc(C(N)CC(=O)O)c1. The monoisotopic (exact) mass is 205 g/mol. The van der Waals surface area contributed by atoms with E-state index in [4.69, 9.17) is 10.8 Å². The first kappa shape index (κ1) is 11.5. The highest BCUT2D eigenvalue weighted by Crippen LogP contribution is 2.19. The van der Waals surface area contributed by atoms with E-state index in [1.807, 2.05) is 31.2 Å². The molecule has 1 rings (SSSR count). The van der Waals surface area contributed by atoms with Crippen LogP contribution in [0.5, 0.6) is 0 Å². The number of hydrogen-bond donors (Lipinski definition) is 2. The summed E-state index contributed by atoms with van der Waals surface area (Å²) in [6.07, 6.45) is -0.0559. The van der Waals surface area contributed by atoms with E-state index in [2.05, 4.69) is 6.58 Å². The van der Waals surface area contributed by atoms with Crippen molar-refractivity contribution in [2.45, 2.75) is 19.4 Å². The number of carboxylic acid groups (broad SMARTS) is 1. The molecule has 0 bridgehead atoms. The van der Waals surface area contributed by atoms with Crippen molar-refractivity contribution >= 4 is 11.5 Å². The lowest BCUT2D eigenvalue weighted by Crippen LogP contribution is -2.15. The molecule has 0 heterocycles. The standard InChI is InChI=1S/C12H15NO2/c1-8(2)9-4-3-5-10(6-9)11(13)7-12(14)15/h3-6,11H,1,7,13H2,2H3,(H,14,15). The third-order valence-corrected chi connectivity index (χ3v) is 2.20. The highest BCUT2D eigenvalue weighted by molar-refractivity contribution is 5.68. The van der Waals surface area contributed by atoms with E-state index in [0.717, 1.165) is 16.7 Å². The van der Waals surface area contributed by atoms with Crippen molar-refractivity contribution in [2.75, 3.05) is 0 Å². The molecule has 0 aliphatic carbocycles. The summed E-state index contributed by atoms with van der Waals surface area (Å²) in [5.41, 5.74) is 8.52. The second-order valence-electron chi connectivity index (χ2n) is 3.61. The fourth-order valence-corrected chi connectivity index (χ4v) is 1.34. The first-order valence-corrected chi connectivity index (χ1v) is 4.74. The molecule has 1 unspecified atom stereocenters. The van der Waals surface area contributed by atoms with E-state index in [-0.39, 0.29) is 6.42 Å². The highest BCUT2D eigenvalue weighted by atomic mass is 16.4. The van der Waals surface area contributed by atoms with E-state index >= 15 is 0 Å². The van der Waals surface area contributed by atoms with Gasteiger partial charge in [-0.15, -0.1) is 0 Å². The first-order valence-electron chi connectivity index (χ1n) is 4.74. The number of carboxylic acids is 1. The molecular formula is C12H15NO2. The quantitative estimate of drug-likeness (QED) is 0.792. The Morgan fingerprint density at radius 3 is 2.80 bits per heavy atom. The molecule has 1 aromatic carbocycles. The smallest absolute Gasteiger partial charge is 0.305 e. The summed E-state index contributed by atoms with van der Waals surface area (Å²) in [6, 6.07) is 7.05. The number of carbonyl (C=O) groups is 1. The van der Waals surface area contributed by atoms with Crippen LogP contribution in [0, 0.1) is 0 Å². The summed E-state index contributed by atoms with van der Waals surface area (Å²) in [4.78, 5) is 10.5. The summed E-state index contributed by atoms with van der Waals surface area (Å²) in [5.74, 6) is -0.886. The Balaban J connectivity index is 2.89. The lowest BCUT2D eigenvalue weighted by Gasteiger charge is -2.10. The largest absolute Gasteiger partial charge is 0.481 e. The predicted octanol–water partition coefficient (Wildman–Crippen LogP) is 2.19. The van der Waals surface area contributed by atoms with Crippen LogP contribution in [0.2, 0.25) is 0 Å². The van der Waals surface area contributed by atoms with Crippen LogP contribution in [0.3, 0.4) is 0 Å². The molecule has 3 nitrogen and oxygen atoms in total. The topological polar surface area (TPSA) is 63.3 Å². The maximum Gasteiger partial charge on any atom is 0.305 e. The maximum absolute atomic E-state index is 10.5. The Kier molecular flexibility index (Phi) is 3.63. The molecule has 1 aromatic rings. The third kappa shape index (κ3) is 3.22. The van der Waals surface area contributed by atoms with Gasteiger partial charge in [-0.3, -0.25) is 4.79 Å².